The zero-order valence-corrected chi connectivity index (χ0v) is 26.7. The van der Waals surface area contributed by atoms with Crippen LogP contribution in [0.5, 0.6) is 5.75 Å². The van der Waals surface area contributed by atoms with Crippen molar-refractivity contribution in [3.8, 4) is 5.75 Å². The Morgan fingerprint density at radius 1 is 1.07 bits per heavy atom. The molecule has 2 amide bonds. The number of hydrogen-bond acceptors (Lipinski definition) is 11. The number of ketones is 2. The minimum Gasteiger partial charge on any atom is -0.508 e. The molecule has 3 fully saturated rings. The van der Waals surface area contributed by atoms with Crippen molar-refractivity contribution in [3.05, 3.63) is 34.1 Å². The summed E-state index contributed by atoms with van der Waals surface area (Å²) in [4.78, 5) is 58.2. The summed E-state index contributed by atoms with van der Waals surface area (Å²) < 4.78 is 0. The SMILES string of the molecule is CN(C)c1cc(NC(=O)CN2CCC3(CCC3)CC2)c(O)c2c1C[C@H]1C[C@H]3[C@H](N(C)C)C(=O)C(C(N)=O)=C(O)[C@@]3(O)C(=O)C1=C2O. The van der Waals surface area contributed by atoms with Crippen molar-refractivity contribution in [2.24, 2.45) is 23.0 Å². The molecule has 5 aliphatic rings. The van der Waals surface area contributed by atoms with Crippen LogP contribution in [0.15, 0.2) is 23.0 Å². The Kier molecular flexibility index (Phi) is 7.72. The van der Waals surface area contributed by atoms with Crippen LogP contribution in [0, 0.1) is 17.3 Å². The van der Waals surface area contributed by atoms with Crippen molar-refractivity contribution in [2.45, 2.75) is 56.6 Å². The smallest absolute Gasteiger partial charge is 0.255 e. The molecule has 0 radical (unpaired) electrons. The summed E-state index contributed by atoms with van der Waals surface area (Å²) >= 11 is 0. The molecule has 1 aromatic carbocycles. The predicted octanol–water partition coefficient (Wildman–Crippen LogP) is 1.23. The summed E-state index contributed by atoms with van der Waals surface area (Å²) in [5.41, 5.74) is 3.12. The van der Waals surface area contributed by atoms with Gasteiger partial charge in [0.25, 0.3) is 5.91 Å². The highest BCUT2D eigenvalue weighted by atomic mass is 16.3. The normalized spacial score (nSPS) is 28.9. The number of likely N-dealkylation sites (N-methyl/N-ethyl adjacent to an activating group) is 1. The molecule has 1 heterocycles. The zero-order chi connectivity index (χ0) is 33.5. The summed E-state index contributed by atoms with van der Waals surface area (Å²) in [6, 6.07) is 0.474. The number of nitrogens with two attached hydrogens (primary N) is 1. The number of nitrogens with one attached hydrogen (secondary N) is 1. The highest BCUT2D eigenvalue weighted by molar-refractivity contribution is 6.24. The highest BCUT2D eigenvalue weighted by Gasteiger charge is 2.64. The number of amides is 2. The number of primary amides is 1. The third-order valence-electron chi connectivity index (χ3n) is 11.2. The molecule has 46 heavy (non-hydrogen) atoms. The van der Waals surface area contributed by atoms with Crippen molar-refractivity contribution in [2.75, 3.05) is 58.0 Å². The molecule has 13 heteroatoms. The molecule has 1 aliphatic heterocycles. The van der Waals surface area contributed by atoms with Gasteiger partial charge in [0.15, 0.2) is 11.4 Å². The average Bonchev–Trinajstić information content (AvgIpc) is 2.95. The quantitative estimate of drug-likeness (QED) is 0.194. The number of phenols is 1. The van der Waals surface area contributed by atoms with E-state index in [4.69, 9.17) is 5.73 Å². The van der Waals surface area contributed by atoms with E-state index in [0.717, 1.165) is 25.9 Å². The molecule has 0 unspecified atom stereocenters. The maximum Gasteiger partial charge on any atom is 0.255 e. The first-order valence-corrected chi connectivity index (χ1v) is 15.8. The van der Waals surface area contributed by atoms with Crippen LogP contribution in [0.1, 0.15) is 49.7 Å². The molecule has 1 spiro atoms. The number of aromatic hydroxyl groups is 1. The number of rotatable bonds is 6. The molecular weight excluding hydrogens is 594 g/mol. The van der Waals surface area contributed by atoms with Crippen LogP contribution >= 0.6 is 0 Å². The van der Waals surface area contributed by atoms with Gasteiger partial charge in [0.2, 0.25) is 11.7 Å². The first-order chi connectivity index (χ1) is 21.6. The highest BCUT2D eigenvalue weighted by Crippen LogP contribution is 2.55. The van der Waals surface area contributed by atoms with Gasteiger partial charge in [-0.15, -0.1) is 0 Å². The van der Waals surface area contributed by atoms with Gasteiger partial charge >= 0.3 is 0 Å². The van der Waals surface area contributed by atoms with Crippen LogP contribution in [0.2, 0.25) is 0 Å². The van der Waals surface area contributed by atoms with Crippen LogP contribution in [-0.2, 0) is 25.6 Å². The molecule has 1 saturated heterocycles. The van der Waals surface area contributed by atoms with Gasteiger partial charge in [-0.1, -0.05) is 6.42 Å². The first kappa shape index (κ1) is 32.0. The Balaban J connectivity index is 1.37. The third-order valence-corrected chi connectivity index (χ3v) is 11.2. The molecule has 6 rings (SSSR count). The Labute approximate surface area is 267 Å². The number of aliphatic hydroxyl groups is 3. The molecule has 7 N–H and O–H groups in total. The number of carbonyl (C=O) groups is 4. The number of fused-ring (bicyclic) bond motifs is 3. The second kappa shape index (κ2) is 11.1. The van der Waals surface area contributed by atoms with Gasteiger partial charge in [-0.25, -0.2) is 0 Å². The minimum atomic E-state index is -2.72. The van der Waals surface area contributed by atoms with Gasteiger partial charge in [-0.3, -0.25) is 29.0 Å². The molecule has 4 atom stereocenters. The molecule has 248 valence electrons. The number of phenolic OH excluding ortho intramolecular Hbond substituents is 1. The molecule has 0 aromatic heterocycles. The summed E-state index contributed by atoms with van der Waals surface area (Å²) in [7, 11) is 6.67. The summed E-state index contributed by atoms with van der Waals surface area (Å²) in [6.45, 7) is 1.79. The Morgan fingerprint density at radius 3 is 2.26 bits per heavy atom. The van der Waals surface area contributed by atoms with Gasteiger partial charge in [-0.05, 0) is 88.7 Å². The lowest BCUT2D eigenvalue weighted by Gasteiger charge is -2.50. The number of hydrogen-bond donors (Lipinski definition) is 6. The number of likely N-dealkylation sites (tertiary alicyclic amines) is 1. The molecule has 13 nitrogen and oxygen atoms in total. The van der Waals surface area contributed by atoms with Crippen molar-refractivity contribution >= 4 is 40.5 Å². The fraction of sp³-hybridized carbons (Fsp3) is 0.576. The fourth-order valence-corrected chi connectivity index (χ4v) is 8.54. The third kappa shape index (κ3) is 4.70. The van der Waals surface area contributed by atoms with Crippen molar-refractivity contribution in [3.63, 3.8) is 0 Å². The number of anilines is 2. The van der Waals surface area contributed by atoms with Crippen LogP contribution in [0.4, 0.5) is 11.4 Å². The average molecular weight is 638 g/mol. The summed E-state index contributed by atoms with van der Waals surface area (Å²) in [5.74, 6) is -7.52. The molecule has 0 bridgehead atoms. The summed E-state index contributed by atoms with van der Waals surface area (Å²) in [6.07, 6.45) is 6.04. The van der Waals surface area contributed by atoms with E-state index < -0.39 is 63.8 Å². The van der Waals surface area contributed by atoms with Crippen molar-refractivity contribution in [1.82, 2.24) is 9.80 Å². The molecule has 1 aromatic rings. The zero-order valence-electron chi connectivity index (χ0n) is 26.7. The van der Waals surface area contributed by atoms with Crippen LogP contribution in [0.3, 0.4) is 0 Å². The van der Waals surface area contributed by atoms with E-state index in [0.29, 0.717) is 16.7 Å². The topological polar surface area (TPSA) is 197 Å². The maximum atomic E-state index is 14.2. The van der Waals surface area contributed by atoms with Gasteiger partial charge in [0, 0.05) is 31.3 Å². The Bertz CT molecular complexity index is 1600. The lowest BCUT2D eigenvalue weighted by molar-refractivity contribution is -0.153. The van der Waals surface area contributed by atoms with Gasteiger partial charge in [0.05, 0.1) is 23.8 Å². The maximum absolute atomic E-state index is 14.2. The van der Waals surface area contributed by atoms with E-state index in [9.17, 15) is 39.6 Å². The van der Waals surface area contributed by atoms with E-state index in [1.165, 1.54) is 24.2 Å². The van der Waals surface area contributed by atoms with E-state index in [1.54, 1.807) is 39.2 Å². The van der Waals surface area contributed by atoms with Gasteiger partial charge < -0.3 is 36.4 Å². The Morgan fingerprint density at radius 2 is 1.72 bits per heavy atom. The number of aliphatic hydroxyl groups excluding tert-OH is 2. The van der Waals surface area contributed by atoms with Crippen LogP contribution in [0.25, 0.3) is 5.76 Å². The number of carbonyl (C=O) groups excluding carboxylic acids is 4. The second-order valence-electron chi connectivity index (χ2n) is 14.2. The lowest BCUT2D eigenvalue weighted by atomic mass is 9.57. The number of piperidine rings is 1. The molecular formula is C33H43N5O8. The van der Waals surface area contributed by atoms with Gasteiger partial charge in [-0.2, -0.15) is 0 Å². The van der Waals surface area contributed by atoms with E-state index >= 15 is 0 Å². The molecule has 2 saturated carbocycles. The monoisotopic (exact) mass is 637 g/mol. The lowest BCUT2D eigenvalue weighted by Crippen LogP contribution is -2.65. The number of Topliss-reactive ketones (excluding diaryl/α,β-unsaturated/α-hetero) is 2. The molecule has 4 aliphatic carbocycles. The van der Waals surface area contributed by atoms with E-state index in [2.05, 4.69) is 10.2 Å². The predicted molar refractivity (Wildman–Crippen MR) is 169 cm³/mol. The number of nitrogens with zero attached hydrogens (tertiary/aromatic N) is 3. The van der Waals surface area contributed by atoms with Crippen LogP contribution in [-0.4, -0.2) is 113 Å². The van der Waals surface area contributed by atoms with Crippen molar-refractivity contribution in [1.29, 1.82) is 0 Å². The summed E-state index contributed by atoms with van der Waals surface area (Å²) in [5, 5.41) is 48.9. The largest absolute Gasteiger partial charge is 0.508 e. The standard InChI is InChI=1S/C33H43N5O8/c1-36(2)20-14-19(35-21(39)15-38-10-8-32(9-11-38)6-5-7-32)26(40)23-17(20)12-16-13-18-25(37(3)4)28(42)24(31(34)45)30(44)33(18,46)29(43)22(16)27(23)41/h14,16,18,25,40-41,44,46H,5-13,15H2,1-4H3,(H2,34,45)(H,35,39)/t16-,18-,25-,33-/m0/s1. The van der Waals surface area contributed by atoms with Gasteiger partial charge in [0.1, 0.15) is 22.8 Å². The Hall–Kier alpha value is -3.94. The first-order valence-electron chi connectivity index (χ1n) is 15.8. The van der Waals surface area contributed by atoms with Crippen LogP contribution < -0.4 is 16.0 Å². The second-order valence-corrected chi connectivity index (χ2v) is 14.2. The van der Waals surface area contributed by atoms with Crippen molar-refractivity contribution < 1.29 is 39.6 Å². The van der Waals surface area contributed by atoms with E-state index in [1.807, 2.05) is 0 Å². The fourth-order valence-electron chi connectivity index (χ4n) is 8.54. The van der Waals surface area contributed by atoms with E-state index in [-0.39, 0.29) is 42.1 Å². The minimum absolute atomic E-state index is 0.00496. The number of benzene rings is 1.